The van der Waals surface area contributed by atoms with Crippen LogP contribution in [0, 0.1) is 0 Å². The van der Waals surface area contributed by atoms with Crippen LogP contribution in [0.2, 0.25) is 0 Å². The van der Waals surface area contributed by atoms with Crippen LogP contribution in [0.1, 0.15) is 21.2 Å². The van der Waals surface area contributed by atoms with Crippen molar-refractivity contribution in [3.63, 3.8) is 0 Å². The Morgan fingerprint density at radius 1 is 1.33 bits per heavy atom. The second kappa shape index (κ2) is 6.28. The maximum atomic E-state index is 10.8. The van der Waals surface area contributed by atoms with Crippen molar-refractivity contribution < 1.29 is 85.6 Å². The van der Waals surface area contributed by atoms with E-state index in [1.54, 1.807) is 0 Å². The molecule has 0 aromatic heterocycles. The molecule has 0 radical (unpaired) electrons. The van der Waals surface area contributed by atoms with Crippen LogP contribution in [-0.4, -0.2) is 39.9 Å². The van der Waals surface area contributed by atoms with E-state index in [1.807, 2.05) is 0 Å². The monoisotopic (exact) mass is 266 g/mol. The van der Waals surface area contributed by atoms with Crippen molar-refractivity contribution in [3.8, 4) is 0 Å². The van der Waals surface area contributed by atoms with E-state index in [0.29, 0.717) is 0 Å². The van der Waals surface area contributed by atoms with Crippen molar-refractivity contribution in [1.29, 1.82) is 0 Å². The van der Waals surface area contributed by atoms with Gasteiger partial charge in [0.25, 0.3) is 10.1 Å². The molecular formula is C6H11KO7S. The number of hydrogen-bond donors (Lipinski definition) is 3. The van der Waals surface area contributed by atoms with Crippen LogP contribution in [0.5, 0.6) is 0 Å². The molecule has 0 saturated heterocycles. The summed E-state index contributed by atoms with van der Waals surface area (Å²) in [6, 6.07) is 0. The Balaban J connectivity index is -0.000000845. The first-order valence-electron chi connectivity index (χ1n) is 3.59. The van der Waals surface area contributed by atoms with Crippen LogP contribution in [0.3, 0.4) is 0 Å². The SMILES string of the molecule is CCC(CC(=O)O)(C(=O)O)S(=O)(=O)O.[H-].[K+]. The average molecular weight is 266 g/mol. The smallest absolute Gasteiger partial charge is 1.00 e. The molecule has 15 heavy (non-hydrogen) atoms. The fourth-order valence-corrected chi connectivity index (χ4v) is 1.87. The van der Waals surface area contributed by atoms with Crippen LogP contribution in [-0.2, 0) is 19.7 Å². The minimum atomic E-state index is -4.95. The predicted molar refractivity (Wildman–Crippen MR) is 45.6 cm³/mol. The third-order valence-electron chi connectivity index (χ3n) is 1.89. The first-order valence-corrected chi connectivity index (χ1v) is 5.03. The van der Waals surface area contributed by atoms with Crippen molar-refractivity contribution in [2.45, 2.75) is 24.5 Å². The summed E-state index contributed by atoms with van der Waals surface area (Å²) in [7, 11) is -4.95. The van der Waals surface area contributed by atoms with Crippen molar-refractivity contribution >= 4 is 22.1 Å². The molecule has 0 aliphatic carbocycles. The van der Waals surface area contributed by atoms with Crippen molar-refractivity contribution in [2.24, 2.45) is 0 Å². The molecule has 3 N–H and O–H groups in total. The van der Waals surface area contributed by atoms with E-state index in [1.165, 1.54) is 6.92 Å². The number of carbonyl (C=O) groups is 2. The molecule has 7 nitrogen and oxygen atoms in total. The number of carboxylic acids is 2. The van der Waals surface area contributed by atoms with Crippen LogP contribution < -0.4 is 51.4 Å². The molecule has 0 aliphatic rings. The third kappa shape index (κ3) is 4.09. The number of rotatable bonds is 5. The molecule has 0 fully saturated rings. The summed E-state index contributed by atoms with van der Waals surface area (Å²) in [6.45, 7) is 1.17. The van der Waals surface area contributed by atoms with Crippen molar-refractivity contribution in [2.75, 3.05) is 0 Å². The molecule has 0 rings (SSSR count). The Labute approximate surface area is 131 Å². The maximum Gasteiger partial charge on any atom is 1.00 e. The minimum Gasteiger partial charge on any atom is -1.00 e. The second-order valence-electron chi connectivity index (χ2n) is 2.70. The fraction of sp³-hybridized carbons (Fsp3) is 0.667. The molecule has 0 saturated carbocycles. The molecule has 0 aliphatic heterocycles. The Morgan fingerprint density at radius 2 is 1.73 bits per heavy atom. The van der Waals surface area contributed by atoms with E-state index >= 15 is 0 Å². The molecule has 0 bridgehead atoms. The Hall–Kier alpha value is 0.486. The first-order chi connectivity index (χ1) is 6.17. The fourth-order valence-electron chi connectivity index (χ4n) is 0.980. The second-order valence-corrected chi connectivity index (χ2v) is 4.43. The zero-order valence-electron chi connectivity index (χ0n) is 9.30. The van der Waals surface area contributed by atoms with Crippen molar-refractivity contribution in [3.05, 3.63) is 0 Å². The van der Waals surface area contributed by atoms with Gasteiger partial charge in [-0.2, -0.15) is 8.42 Å². The number of carboxylic acid groups (broad SMARTS) is 2. The Morgan fingerprint density at radius 3 is 1.80 bits per heavy atom. The molecule has 9 heteroatoms. The summed E-state index contributed by atoms with van der Waals surface area (Å²) in [6.07, 6.45) is -1.69. The van der Waals surface area contributed by atoms with E-state index in [9.17, 15) is 18.0 Å². The first kappa shape index (κ1) is 17.9. The molecule has 1 unspecified atom stereocenters. The standard InChI is InChI=1S/C6H10O7S.K.H/c1-2-6(5(9)10,3-4(7)8)14(11,12)13;;/h2-3H2,1H3,(H,7,8)(H,9,10)(H,11,12,13);;/q;+1;-1. The van der Waals surface area contributed by atoms with Crippen LogP contribution >= 0.6 is 0 Å². The van der Waals surface area contributed by atoms with Gasteiger partial charge in [-0.05, 0) is 6.42 Å². The molecule has 0 spiro atoms. The van der Waals surface area contributed by atoms with E-state index < -0.39 is 39.6 Å². The van der Waals surface area contributed by atoms with Crippen LogP contribution in [0.25, 0.3) is 0 Å². The van der Waals surface area contributed by atoms with Gasteiger partial charge in [0.2, 0.25) is 4.75 Å². The summed E-state index contributed by atoms with van der Waals surface area (Å²) in [5.74, 6) is -3.48. The topological polar surface area (TPSA) is 129 Å². The van der Waals surface area contributed by atoms with Gasteiger partial charge in [-0.1, -0.05) is 6.92 Å². The maximum absolute atomic E-state index is 10.8. The van der Waals surface area contributed by atoms with Gasteiger partial charge in [0.1, 0.15) is 0 Å². The summed E-state index contributed by atoms with van der Waals surface area (Å²) in [4.78, 5) is 20.9. The molecular weight excluding hydrogens is 255 g/mol. The number of aliphatic carboxylic acids is 2. The van der Waals surface area contributed by atoms with E-state index in [4.69, 9.17) is 14.8 Å². The minimum absolute atomic E-state index is 0. The largest absolute Gasteiger partial charge is 1.00 e. The van der Waals surface area contributed by atoms with Crippen LogP contribution in [0.4, 0.5) is 0 Å². The van der Waals surface area contributed by atoms with E-state index in [-0.39, 0.29) is 52.8 Å². The molecule has 1 atom stereocenters. The van der Waals surface area contributed by atoms with Gasteiger partial charge in [-0.25, -0.2) is 0 Å². The molecule has 0 aromatic rings. The number of hydrogen-bond acceptors (Lipinski definition) is 4. The zero-order valence-corrected chi connectivity index (χ0v) is 12.2. The van der Waals surface area contributed by atoms with Gasteiger partial charge in [0.15, 0.2) is 0 Å². The molecule has 0 aromatic carbocycles. The zero-order chi connectivity index (χ0) is 11.6. The van der Waals surface area contributed by atoms with Gasteiger partial charge >= 0.3 is 63.3 Å². The average Bonchev–Trinajstić information content (AvgIpc) is 1.96. The van der Waals surface area contributed by atoms with Gasteiger partial charge < -0.3 is 11.6 Å². The molecule has 0 heterocycles. The quantitative estimate of drug-likeness (QED) is 0.351. The summed E-state index contributed by atoms with van der Waals surface area (Å²) in [5, 5.41) is 17.0. The van der Waals surface area contributed by atoms with E-state index in [0.717, 1.165) is 0 Å². The summed E-state index contributed by atoms with van der Waals surface area (Å²) >= 11 is 0. The van der Waals surface area contributed by atoms with E-state index in [2.05, 4.69) is 0 Å². The van der Waals surface area contributed by atoms with Crippen molar-refractivity contribution in [1.82, 2.24) is 0 Å². The van der Waals surface area contributed by atoms with Gasteiger partial charge in [-0.3, -0.25) is 14.1 Å². The Bertz CT molecular complexity index is 354. The normalized spacial score (nSPS) is 14.8. The third-order valence-corrected chi connectivity index (χ3v) is 3.49. The van der Waals surface area contributed by atoms with Gasteiger partial charge in [0.05, 0.1) is 6.42 Å². The summed E-state index contributed by atoms with van der Waals surface area (Å²) in [5.41, 5.74) is 0. The predicted octanol–water partition coefficient (Wildman–Crippen LogP) is -3.30. The van der Waals surface area contributed by atoms with Gasteiger partial charge in [0, 0.05) is 0 Å². The molecule has 0 amide bonds. The van der Waals surface area contributed by atoms with Crippen LogP contribution in [0.15, 0.2) is 0 Å². The summed E-state index contributed by atoms with van der Waals surface area (Å²) < 4.78 is 27.6. The van der Waals surface area contributed by atoms with Gasteiger partial charge in [-0.15, -0.1) is 0 Å². The Kier molecular flexibility index (Phi) is 7.48. The molecule has 84 valence electrons.